The van der Waals surface area contributed by atoms with Gasteiger partial charge in [-0.25, -0.2) is 10.6 Å². The number of nitrogens with zero attached hydrogens (tertiary/aromatic N) is 3. The summed E-state index contributed by atoms with van der Waals surface area (Å²) in [5, 5.41) is 1.36. The van der Waals surface area contributed by atoms with E-state index < -0.39 is 6.09 Å². The smallest absolute Gasteiger partial charge is 0.410 e. The van der Waals surface area contributed by atoms with Crippen LogP contribution in [0, 0.1) is 0 Å². The summed E-state index contributed by atoms with van der Waals surface area (Å²) >= 11 is 0. The molecule has 31 heavy (non-hydrogen) atoms. The van der Waals surface area contributed by atoms with Crippen molar-refractivity contribution in [2.75, 3.05) is 20.7 Å². The number of rotatable bonds is 9. The third-order valence-corrected chi connectivity index (χ3v) is 5.98. The molecule has 0 atom stereocenters. The zero-order valence-corrected chi connectivity index (χ0v) is 19.7. The fourth-order valence-electron chi connectivity index (χ4n) is 3.76. The third-order valence-electron chi connectivity index (χ3n) is 5.98. The normalized spacial score (nSPS) is 15.8. The number of aromatic nitrogens is 1. The second-order valence-corrected chi connectivity index (χ2v) is 8.90. The summed E-state index contributed by atoms with van der Waals surface area (Å²) in [6, 6.07) is 3.67. The quantitative estimate of drug-likeness (QED) is 0.449. The Morgan fingerprint density at radius 2 is 1.90 bits per heavy atom. The van der Waals surface area contributed by atoms with E-state index in [1.165, 1.54) is 24.3 Å². The Kier molecular flexibility index (Phi) is 8.98. The lowest BCUT2D eigenvalue weighted by Gasteiger charge is -2.35. The van der Waals surface area contributed by atoms with Gasteiger partial charge in [0, 0.05) is 19.6 Å². The Morgan fingerprint density at radius 3 is 2.45 bits per heavy atom. The van der Waals surface area contributed by atoms with Gasteiger partial charge in [0.05, 0.1) is 29.4 Å². The molecule has 0 bridgehead atoms. The zero-order valence-electron chi connectivity index (χ0n) is 19.7. The van der Waals surface area contributed by atoms with Crippen molar-refractivity contribution in [1.29, 1.82) is 0 Å². The molecule has 2 rings (SSSR count). The van der Waals surface area contributed by atoms with Crippen LogP contribution in [0.5, 0.6) is 5.75 Å². The number of pyridine rings is 1. The molecule has 4 N–H and O–H groups in total. The van der Waals surface area contributed by atoms with Crippen LogP contribution in [-0.4, -0.2) is 53.3 Å². The molecule has 0 unspecified atom stereocenters. The molecule has 1 fully saturated rings. The first-order chi connectivity index (χ1) is 14.7. The van der Waals surface area contributed by atoms with Gasteiger partial charge in [0.2, 0.25) is 0 Å². The highest BCUT2D eigenvalue weighted by molar-refractivity contribution is 5.69. The van der Waals surface area contributed by atoms with Gasteiger partial charge in [0.15, 0.2) is 0 Å². The molecule has 8 nitrogen and oxygen atoms in total. The summed E-state index contributed by atoms with van der Waals surface area (Å²) in [6.07, 6.45) is 9.23. The first-order valence-corrected chi connectivity index (χ1v) is 11.2. The lowest BCUT2D eigenvalue weighted by Crippen LogP contribution is -2.45. The number of hydrogen-bond donors (Lipinski definition) is 2. The summed E-state index contributed by atoms with van der Waals surface area (Å²) in [4.78, 5) is 18.6. The van der Waals surface area contributed by atoms with Crippen molar-refractivity contribution in [3.05, 3.63) is 29.7 Å². The van der Waals surface area contributed by atoms with Crippen LogP contribution in [0.25, 0.3) is 5.70 Å². The Balaban J connectivity index is 2.06. The molecule has 8 heteroatoms. The lowest BCUT2D eigenvalue weighted by atomic mass is 9.98. The molecule has 0 spiro atoms. The standard InChI is InChI=1S/C23H39N5O3/c1-6-14-23(2,3)27(4)22(29)30-16-20(28(5)25)21(24)19-13-12-18(15-26-19)31-17-10-8-7-9-11-17/h12-13,15,17H,6-11,14,16,24-25H2,1-5H3/b21-20-. The van der Waals surface area contributed by atoms with Crippen LogP contribution >= 0.6 is 0 Å². The molecule has 1 amide bonds. The molecule has 174 valence electrons. The average molecular weight is 434 g/mol. The van der Waals surface area contributed by atoms with Crippen molar-refractivity contribution in [3.63, 3.8) is 0 Å². The van der Waals surface area contributed by atoms with E-state index in [-0.39, 0.29) is 18.2 Å². The number of hydrogen-bond acceptors (Lipinski definition) is 7. The second kappa shape index (κ2) is 11.2. The highest BCUT2D eigenvalue weighted by Crippen LogP contribution is 2.24. The van der Waals surface area contributed by atoms with Gasteiger partial charge in [-0.3, -0.25) is 4.98 Å². The van der Waals surface area contributed by atoms with Crippen LogP contribution in [0.3, 0.4) is 0 Å². The van der Waals surface area contributed by atoms with Crippen molar-refractivity contribution in [2.45, 2.75) is 77.4 Å². The largest absolute Gasteiger partial charge is 0.489 e. The maximum Gasteiger partial charge on any atom is 0.410 e. The number of nitrogens with two attached hydrogens (primary N) is 2. The predicted molar refractivity (Wildman–Crippen MR) is 123 cm³/mol. The van der Waals surface area contributed by atoms with Gasteiger partial charge < -0.3 is 25.1 Å². The van der Waals surface area contributed by atoms with Crippen molar-refractivity contribution < 1.29 is 14.3 Å². The number of ether oxygens (including phenoxy) is 2. The van der Waals surface area contributed by atoms with E-state index in [2.05, 4.69) is 11.9 Å². The Hall–Kier alpha value is -2.48. The minimum Gasteiger partial charge on any atom is -0.489 e. The van der Waals surface area contributed by atoms with Gasteiger partial charge in [0.25, 0.3) is 0 Å². The summed E-state index contributed by atoms with van der Waals surface area (Å²) < 4.78 is 11.5. The molecule has 1 aromatic rings. The predicted octanol–water partition coefficient (Wildman–Crippen LogP) is 3.87. The molecule has 1 aliphatic rings. The first kappa shape index (κ1) is 24.8. The number of hydrazine groups is 1. The van der Waals surface area contributed by atoms with E-state index in [1.807, 2.05) is 19.9 Å². The van der Waals surface area contributed by atoms with Gasteiger partial charge in [-0.15, -0.1) is 0 Å². The van der Waals surface area contributed by atoms with Crippen LogP contribution in [0.15, 0.2) is 24.0 Å². The molecule has 0 aromatic carbocycles. The van der Waals surface area contributed by atoms with E-state index in [4.69, 9.17) is 21.1 Å². The molecule has 0 saturated heterocycles. The highest BCUT2D eigenvalue weighted by atomic mass is 16.6. The minimum atomic E-state index is -0.421. The van der Waals surface area contributed by atoms with Crippen LogP contribution < -0.4 is 16.3 Å². The molecule has 1 aliphatic carbocycles. The molecule has 1 heterocycles. The summed E-state index contributed by atoms with van der Waals surface area (Å²) in [6.45, 7) is 6.06. The lowest BCUT2D eigenvalue weighted by molar-refractivity contribution is 0.0746. The number of amides is 1. The molecular formula is C23H39N5O3. The van der Waals surface area contributed by atoms with Crippen molar-refractivity contribution in [2.24, 2.45) is 11.6 Å². The van der Waals surface area contributed by atoms with E-state index in [0.29, 0.717) is 17.1 Å². The molecule has 0 radical (unpaired) electrons. The Labute approximate surface area is 186 Å². The second-order valence-electron chi connectivity index (χ2n) is 8.90. The van der Waals surface area contributed by atoms with E-state index >= 15 is 0 Å². The monoisotopic (exact) mass is 433 g/mol. The van der Waals surface area contributed by atoms with Crippen molar-refractivity contribution >= 4 is 11.8 Å². The molecule has 1 saturated carbocycles. The fraction of sp³-hybridized carbons (Fsp3) is 0.652. The topological polar surface area (TPSA) is 107 Å². The Bertz CT molecular complexity index is 740. The van der Waals surface area contributed by atoms with Crippen LogP contribution in [0.2, 0.25) is 0 Å². The van der Waals surface area contributed by atoms with Crippen molar-refractivity contribution in [1.82, 2.24) is 14.9 Å². The maximum atomic E-state index is 12.5. The van der Waals surface area contributed by atoms with E-state index in [9.17, 15) is 4.79 Å². The molecular weight excluding hydrogens is 394 g/mol. The molecule has 1 aromatic heterocycles. The van der Waals surface area contributed by atoms with Crippen LogP contribution in [0.4, 0.5) is 4.79 Å². The molecule has 0 aliphatic heterocycles. The number of likely N-dealkylation sites (N-methyl/N-ethyl adjacent to an activating group) is 1. The highest BCUT2D eigenvalue weighted by Gasteiger charge is 2.28. The number of carbonyl (C=O) groups is 1. The fourth-order valence-corrected chi connectivity index (χ4v) is 3.76. The van der Waals surface area contributed by atoms with Crippen LogP contribution in [0.1, 0.15) is 71.4 Å². The van der Waals surface area contributed by atoms with Gasteiger partial charge in [-0.1, -0.05) is 19.8 Å². The van der Waals surface area contributed by atoms with E-state index in [1.54, 1.807) is 31.3 Å². The summed E-state index contributed by atoms with van der Waals surface area (Å²) in [7, 11) is 3.39. The maximum absolute atomic E-state index is 12.5. The minimum absolute atomic E-state index is 0.0494. The average Bonchev–Trinajstić information content (AvgIpc) is 2.74. The van der Waals surface area contributed by atoms with Gasteiger partial charge in [-0.05, 0) is 58.1 Å². The summed E-state index contributed by atoms with van der Waals surface area (Å²) in [5.41, 5.74) is 7.41. The van der Waals surface area contributed by atoms with E-state index in [0.717, 1.165) is 31.4 Å². The zero-order chi connectivity index (χ0) is 23.0. The SMILES string of the molecule is CCCC(C)(C)N(C)C(=O)OC/C(=C(/N)c1ccc(OC2CCCCC2)cn1)N(C)N. The first-order valence-electron chi connectivity index (χ1n) is 11.2. The Morgan fingerprint density at radius 1 is 1.23 bits per heavy atom. The van der Waals surface area contributed by atoms with Gasteiger partial charge in [-0.2, -0.15) is 0 Å². The van der Waals surface area contributed by atoms with Gasteiger partial charge >= 0.3 is 6.09 Å². The van der Waals surface area contributed by atoms with Crippen molar-refractivity contribution in [3.8, 4) is 5.75 Å². The van der Waals surface area contributed by atoms with Crippen LogP contribution in [-0.2, 0) is 4.74 Å². The summed E-state index contributed by atoms with van der Waals surface area (Å²) in [5.74, 6) is 6.70. The third kappa shape index (κ3) is 7.02. The number of carbonyl (C=O) groups excluding carboxylic acids is 1. The van der Waals surface area contributed by atoms with Gasteiger partial charge in [0.1, 0.15) is 12.4 Å².